The monoisotopic (exact) mass is 270 g/mol. The van der Waals surface area contributed by atoms with E-state index in [1.54, 1.807) is 26.2 Å². The summed E-state index contributed by atoms with van der Waals surface area (Å²) in [5.74, 6) is -0.0974. The summed E-state index contributed by atoms with van der Waals surface area (Å²) in [4.78, 5) is 0. The molecule has 0 fully saturated rings. The van der Waals surface area contributed by atoms with E-state index in [1.165, 1.54) is 13.2 Å². The van der Waals surface area contributed by atoms with Crippen LogP contribution in [-0.4, -0.2) is 24.9 Å². The Bertz CT molecular complexity index is 427. The Morgan fingerprint density at radius 3 is 2.32 bits per heavy atom. The molecule has 3 nitrogen and oxygen atoms in total. The van der Waals surface area contributed by atoms with Gasteiger partial charge in [0.05, 0.1) is 23.9 Å². The van der Waals surface area contributed by atoms with Crippen molar-refractivity contribution in [1.29, 1.82) is 0 Å². The van der Waals surface area contributed by atoms with Gasteiger partial charge in [0, 0.05) is 7.11 Å². The van der Waals surface area contributed by atoms with E-state index < -0.39 is 11.4 Å². The van der Waals surface area contributed by atoms with Gasteiger partial charge in [-0.25, -0.2) is 4.39 Å². The molecule has 19 heavy (non-hydrogen) atoms. The number of benzene rings is 1. The van der Waals surface area contributed by atoms with Gasteiger partial charge in [0.1, 0.15) is 11.6 Å². The summed E-state index contributed by atoms with van der Waals surface area (Å²) in [7, 11) is 3.09. The molecule has 4 heteroatoms. The van der Waals surface area contributed by atoms with E-state index in [2.05, 4.69) is 0 Å². The van der Waals surface area contributed by atoms with E-state index >= 15 is 0 Å². The van der Waals surface area contributed by atoms with Crippen LogP contribution in [-0.2, 0) is 10.3 Å². The molecule has 1 rings (SSSR count). The van der Waals surface area contributed by atoms with Gasteiger partial charge in [0.2, 0.25) is 0 Å². The van der Waals surface area contributed by atoms with Gasteiger partial charge in [-0.3, -0.25) is 0 Å². The van der Waals surface area contributed by atoms with Crippen molar-refractivity contribution in [2.24, 2.45) is 0 Å². The number of ether oxygens (including phenoxy) is 2. The average molecular weight is 270 g/mol. The van der Waals surface area contributed by atoms with Crippen molar-refractivity contribution in [1.82, 2.24) is 0 Å². The molecule has 0 spiro atoms. The van der Waals surface area contributed by atoms with Gasteiger partial charge in [-0.1, -0.05) is 6.07 Å². The lowest BCUT2D eigenvalue weighted by molar-refractivity contribution is -0.0230. The summed E-state index contributed by atoms with van der Waals surface area (Å²) < 4.78 is 24.4. The minimum absolute atomic E-state index is 0.199. The highest BCUT2D eigenvalue weighted by Gasteiger charge is 2.32. The van der Waals surface area contributed by atoms with E-state index in [0.717, 1.165) is 0 Å². The zero-order chi connectivity index (χ0) is 14.7. The largest absolute Gasteiger partial charge is 0.496 e. The molecule has 0 aromatic heterocycles. The SMILES string of the molecule is COc1cccc(F)c1C(C)(O)CCC(C)(C)OC. The van der Waals surface area contributed by atoms with Crippen molar-refractivity contribution in [3.05, 3.63) is 29.6 Å². The van der Waals surface area contributed by atoms with Gasteiger partial charge >= 0.3 is 0 Å². The molecule has 0 saturated carbocycles. The quantitative estimate of drug-likeness (QED) is 0.862. The van der Waals surface area contributed by atoms with Crippen molar-refractivity contribution in [2.75, 3.05) is 14.2 Å². The van der Waals surface area contributed by atoms with Crippen molar-refractivity contribution in [3.8, 4) is 5.75 Å². The summed E-state index contributed by atoms with van der Waals surface area (Å²) in [5, 5.41) is 10.6. The van der Waals surface area contributed by atoms with Crippen molar-refractivity contribution in [2.45, 2.75) is 44.8 Å². The standard InChI is InChI=1S/C15H23FO3/c1-14(2,19-5)9-10-15(3,17)13-11(16)7-6-8-12(13)18-4/h6-8,17H,9-10H2,1-5H3. The van der Waals surface area contributed by atoms with Crippen LogP contribution in [0.15, 0.2) is 18.2 Å². The lowest BCUT2D eigenvalue weighted by Crippen LogP contribution is -2.30. The normalized spacial score (nSPS) is 15.1. The van der Waals surface area contributed by atoms with Gasteiger partial charge < -0.3 is 14.6 Å². The number of rotatable bonds is 6. The van der Waals surface area contributed by atoms with Gasteiger partial charge in [-0.05, 0) is 45.7 Å². The topological polar surface area (TPSA) is 38.7 Å². The fourth-order valence-electron chi connectivity index (χ4n) is 1.97. The van der Waals surface area contributed by atoms with Crippen LogP contribution in [0.4, 0.5) is 4.39 Å². The number of halogens is 1. The molecule has 108 valence electrons. The van der Waals surface area contributed by atoms with Gasteiger partial charge in [-0.15, -0.1) is 0 Å². The first-order chi connectivity index (χ1) is 8.73. The number of aliphatic hydroxyl groups is 1. The van der Waals surface area contributed by atoms with Crippen LogP contribution < -0.4 is 4.74 Å². The predicted octanol–water partition coefficient (Wildman–Crippen LogP) is 3.25. The Kier molecular flexibility index (Phi) is 4.93. The van der Waals surface area contributed by atoms with Crippen LogP contribution in [0.25, 0.3) is 0 Å². The minimum atomic E-state index is -1.30. The van der Waals surface area contributed by atoms with E-state index in [9.17, 15) is 9.50 Å². The second-order valence-corrected chi connectivity index (χ2v) is 5.55. The van der Waals surface area contributed by atoms with E-state index in [1.807, 2.05) is 13.8 Å². The Morgan fingerprint density at radius 2 is 1.79 bits per heavy atom. The summed E-state index contributed by atoms with van der Waals surface area (Å²) >= 11 is 0. The highest BCUT2D eigenvalue weighted by Crippen LogP contribution is 2.36. The third kappa shape index (κ3) is 3.91. The van der Waals surface area contributed by atoms with Crippen LogP contribution in [0.2, 0.25) is 0 Å². The lowest BCUT2D eigenvalue weighted by Gasteiger charge is -2.30. The molecule has 0 bridgehead atoms. The summed E-state index contributed by atoms with van der Waals surface area (Å²) in [6.07, 6.45) is 0.985. The first kappa shape index (κ1) is 15.9. The molecule has 1 N–H and O–H groups in total. The zero-order valence-corrected chi connectivity index (χ0v) is 12.3. The van der Waals surface area contributed by atoms with Gasteiger partial charge in [-0.2, -0.15) is 0 Å². The maximum absolute atomic E-state index is 14.0. The van der Waals surface area contributed by atoms with E-state index in [-0.39, 0.29) is 11.2 Å². The fourth-order valence-corrected chi connectivity index (χ4v) is 1.97. The van der Waals surface area contributed by atoms with Crippen molar-refractivity contribution < 1.29 is 19.0 Å². The first-order valence-electron chi connectivity index (χ1n) is 6.34. The molecule has 1 aromatic rings. The Hall–Kier alpha value is -1.13. The highest BCUT2D eigenvalue weighted by molar-refractivity contribution is 5.38. The summed E-state index contributed by atoms with van der Waals surface area (Å²) in [6, 6.07) is 4.54. The third-order valence-electron chi connectivity index (χ3n) is 3.50. The second kappa shape index (κ2) is 5.88. The van der Waals surface area contributed by atoms with Crippen LogP contribution in [0, 0.1) is 5.82 Å². The summed E-state index contributed by atoms with van der Waals surface area (Å²) in [6.45, 7) is 5.46. The molecule has 0 heterocycles. The molecule has 0 amide bonds. The molecule has 0 aliphatic heterocycles. The van der Waals surface area contributed by atoms with E-state index in [4.69, 9.17) is 9.47 Å². The Morgan fingerprint density at radius 1 is 1.16 bits per heavy atom. The highest BCUT2D eigenvalue weighted by atomic mass is 19.1. The average Bonchev–Trinajstić information content (AvgIpc) is 2.36. The van der Waals surface area contributed by atoms with Gasteiger partial charge in [0.15, 0.2) is 0 Å². The maximum Gasteiger partial charge on any atom is 0.133 e. The van der Waals surface area contributed by atoms with Crippen molar-refractivity contribution in [3.63, 3.8) is 0 Å². The molecule has 0 aliphatic rings. The van der Waals surface area contributed by atoms with Crippen molar-refractivity contribution >= 4 is 0 Å². The molecular formula is C15H23FO3. The molecule has 0 saturated heterocycles. The number of hydrogen-bond acceptors (Lipinski definition) is 3. The van der Waals surface area contributed by atoms with E-state index in [0.29, 0.717) is 18.6 Å². The molecule has 0 radical (unpaired) electrons. The van der Waals surface area contributed by atoms with Gasteiger partial charge in [0.25, 0.3) is 0 Å². The Labute approximate surface area is 114 Å². The third-order valence-corrected chi connectivity index (χ3v) is 3.50. The van der Waals surface area contributed by atoms with Crippen LogP contribution >= 0.6 is 0 Å². The lowest BCUT2D eigenvalue weighted by atomic mass is 9.86. The molecule has 1 unspecified atom stereocenters. The predicted molar refractivity (Wildman–Crippen MR) is 72.8 cm³/mol. The number of methoxy groups -OCH3 is 2. The molecule has 1 atom stereocenters. The first-order valence-corrected chi connectivity index (χ1v) is 6.34. The maximum atomic E-state index is 14.0. The van der Waals surface area contributed by atoms with Crippen LogP contribution in [0.5, 0.6) is 5.75 Å². The fraction of sp³-hybridized carbons (Fsp3) is 0.600. The zero-order valence-electron chi connectivity index (χ0n) is 12.3. The molecule has 1 aromatic carbocycles. The Balaban J connectivity index is 3.00. The number of hydrogen-bond donors (Lipinski definition) is 1. The van der Waals surface area contributed by atoms with Crippen LogP contribution in [0.3, 0.4) is 0 Å². The smallest absolute Gasteiger partial charge is 0.133 e. The molecular weight excluding hydrogens is 247 g/mol. The second-order valence-electron chi connectivity index (χ2n) is 5.55. The molecule has 0 aliphatic carbocycles. The minimum Gasteiger partial charge on any atom is -0.496 e. The van der Waals surface area contributed by atoms with Crippen LogP contribution in [0.1, 0.15) is 39.2 Å². The summed E-state index contributed by atoms with van der Waals surface area (Å²) in [5.41, 5.74) is -1.46.